The maximum absolute atomic E-state index is 11.1. The van der Waals surface area contributed by atoms with Crippen LogP contribution in [0.2, 0.25) is 0 Å². The Hall–Kier alpha value is -2.07. The summed E-state index contributed by atoms with van der Waals surface area (Å²) in [5, 5.41) is 11.1. The number of aromatic hydroxyl groups is 1. The van der Waals surface area contributed by atoms with Gasteiger partial charge in [0.05, 0.1) is 0 Å². The van der Waals surface area contributed by atoms with Crippen LogP contribution >= 0.6 is 0 Å². The summed E-state index contributed by atoms with van der Waals surface area (Å²) in [6, 6.07) is 13.0. The highest BCUT2D eigenvalue weighted by atomic mass is 79.9. The maximum atomic E-state index is 11.1. The van der Waals surface area contributed by atoms with Crippen molar-refractivity contribution in [3.63, 3.8) is 0 Å². The molecule has 2 aromatic carbocycles. The van der Waals surface area contributed by atoms with E-state index in [0.29, 0.717) is 23.7 Å². The van der Waals surface area contributed by atoms with E-state index in [-0.39, 0.29) is 22.9 Å². The van der Waals surface area contributed by atoms with Crippen LogP contribution in [-0.4, -0.2) is 9.67 Å². The lowest BCUT2D eigenvalue weighted by atomic mass is 9.92. The third kappa shape index (κ3) is 4.90. The quantitative estimate of drug-likeness (QED) is 0.527. The van der Waals surface area contributed by atoms with Crippen LogP contribution in [0, 0.1) is 0 Å². The van der Waals surface area contributed by atoms with Gasteiger partial charge in [-0.15, -0.1) is 0 Å². The second-order valence-corrected chi connectivity index (χ2v) is 9.57. The predicted octanol–water partition coefficient (Wildman–Crippen LogP) is 3.96. The van der Waals surface area contributed by atoms with Gasteiger partial charge in [-0.1, -0.05) is 91.8 Å². The zero-order valence-corrected chi connectivity index (χ0v) is 21.7. The highest BCUT2D eigenvalue weighted by molar-refractivity contribution is 5.53. The van der Waals surface area contributed by atoms with Gasteiger partial charge < -0.3 is 22.1 Å². The SMILES string of the molecule is CC(C)c1cccc(C(C)C)c1-n1c[n+](-c2c(C(C)C)cccc2C(C)C)cc1O.[Br-]. The van der Waals surface area contributed by atoms with Crippen LogP contribution in [0.3, 0.4) is 0 Å². The number of aromatic nitrogens is 2. The van der Waals surface area contributed by atoms with Crippen molar-refractivity contribution in [1.29, 1.82) is 0 Å². The molecule has 0 aliphatic heterocycles. The monoisotopic (exact) mass is 484 g/mol. The van der Waals surface area contributed by atoms with E-state index >= 15 is 0 Å². The van der Waals surface area contributed by atoms with E-state index in [2.05, 4.69) is 103 Å². The first-order chi connectivity index (χ1) is 14.1. The summed E-state index contributed by atoms with van der Waals surface area (Å²) >= 11 is 0. The Morgan fingerprint density at radius 3 is 1.45 bits per heavy atom. The van der Waals surface area contributed by atoms with Gasteiger partial charge in [0.25, 0.3) is 6.33 Å². The molecule has 3 rings (SSSR count). The minimum absolute atomic E-state index is 0. The Bertz CT molecular complexity index is 979. The van der Waals surface area contributed by atoms with Crippen molar-refractivity contribution < 1.29 is 26.7 Å². The van der Waals surface area contributed by atoms with E-state index in [4.69, 9.17) is 0 Å². The van der Waals surface area contributed by atoms with Crippen LogP contribution in [0.1, 0.15) is 101 Å². The standard InChI is InChI=1S/C27H36N2O.BrH/c1-17(2)21-11-9-12-22(18(3)4)26(21)28-15-25(30)29(16-28)27-23(19(5)6)13-10-14-24(27)20(7)8;/h9-20H,1-8H3;1H. The average Bonchev–Trinajstić information content (AvgIpc) is 3.07. The molecule has 0 amide bonds. The summed E-state index contributed by atoms with van der Waals surface area (Å²) in [6.45, 7) is 17.8. The number of para-hydroxylation sites is 2. The summed E-state index contributed by atoms with van der Waals surface area (Å²) in [4.78, 5) is 0. The van der Waals surface area contributed by atoms with E-state index in [1.807, 2.05) is 10.8 Å². The first-order valence-electron chi connectivity index (χ1n) is 11.2. The van der Waals surface area contributed by atoms with Gasteiger partial charge in [0.1, 0.15) is 11.4 Å². The number of hydrogen-bond donors (Lipinski definition) is 1. The fraction of sp³-hybridized carbons (Fsp3) is 0.444. The molecule has 0 spiro atoms. The van der Waals surface area contributed by atoms with Gasteiger partial charge in [0.2, 0.25) is 0 Å². The Balaban J connectivity index is 0.00000341. The van der Waals surface area contributed by atoms with Crippen molar-refractivity contribution >= 4 is 0 Å². The molecular formula is C27H37BrN2O. The lowest BCUT2D eigenvalue weighted by molar-refractivity contribution is -0.596. The topological polar surface area (TPSA) is 29.0 Å². The van der Waals surface area contributed by atoms with Gasteiger partial charge in [-0.3, -0.25) is 0 Å². The van der Waals surface area contributed by atoms with Crippen molar-refractivity contribution in [2.75, 3.05) is 0 Å². The summed E-state index contributed by atoms with van der Waals surface area (Å²) in [7, 11) is 0. The number of benzene rings is 2. The third-order valence-electron chi connectivity index (χ3n) is 5.93. The highest BCUT2D eigenvalue weighted by Crippen LogP contribution is 2.34. The Labute approximate surface area is 198 Å². The molecule has 0 saturated carbocycles. The summed E-state index contributed by atoms with van der Waals surface area (Å²) < 4.78 is 4.08. The minimum Gasteiger partial charge on any atom is -1.00 e. The molecule has 0 aliphatic carbocycles. The van der Waals surface area contributed by atoms with Gasteiger partial charge in [-0.25, -0.2) is 0 Å². The maximum Gasteiger partial charge on any atom is 0.327 e. The van der Waals surface area contributed by atoms with Gasteiger partial charge in [0, 0.05) is 22.3 Å². The van der Waals surface area contributed by atoms with Crippen LogP contribution in [0.4, 0.5) is 0 Å². The van der Waals surface area contributed by atoms with Crippen LogP contribution in [0.5, 0.6) is 5.88 Å². The van der Waals surface area contributed by atoms with Crippen molar-refractivity contribution in [3.05, 3.63) is 71.2 Å². The second kappa shape index (κ2) is 10.0. The zero-order chi connectivity index (χ0) is 22.2. The Kier molecular flexibility index (Phi) is 8.15. The normalized spacial score (nSPS) is 11.6. The largest absolute Gasteiger partial charge is 1.00 e. The molecule has 168 valence electrons. The fourth-order valence-corrected chi connectivity index (χ4v) is 4.30. The molecule has 1 N–H and O–H groups in total. The molecule has 3 aromatic rings. The van der Waals surface area contributed by atoms with Gasteiger partial charge in [-0.2, -0.15) is 9.13 Å². The number of imidazole rings is 1. The molecule has 0 bridgehead atoms. The van der Waals surface area contributed by atoms with Crippen LogP contribution in [0.25, 0.3) is 11.4 Å². The first kappa shape index (κ1) is 25.2. The zero-order valence-electron chi connectivity index (χ0n) is 20.1. The lowest BCUT2D eigenvalue weighted by Crippen LogP contribution is -3.00. The number of nitrogens with zero attached hydrogens (tertiary/aromatic N) is 2. The van der Waals surface area contributed by atoms with Crippen molar-refractivity contribution in [3.8, 4) is 17.3 Å². The van der Waals surface area contributed by atoms with E-state index < -0.39 is 0 Å². The molecule has 0 fully saturated rings. The average molecular weight is 486 g/mol. The molecule has 1 aromatic heterocycles. The van der Waals surface area contributed by atoms with E-state index in [0.717, 1.165) is 5.69 Å². The van der Waals surface area contributed by atoms with Crippen LogP contribution in [-0.2, 0) is 0 Å². The van der Waals surface area contributed by atoms with E-state index in [1.165, 1.54) is 27.9 Å². The summed E-state index contributed by atoms with van der Waals surface area (Å²) in [5.41, 5.74) is 7.38. The van der Waals surface area contributed by atoms with Crippen LogP contribution < -0.4 is 21.5 Å². The number of rotatable bonds is 6. The lowest BCUT2D eigenvalue weighted by Gasteiger charge is -2.17. The first-order valence-corrected chi connectivity index (χ1v) is 11.2. The summed E-state index contributed by atoms with van der Waals surface area (Å²) in [5.74, 6) is 1.78. The Morgan fingerprint density at radius 1 is 0.677 bits per heavy atom. The molecule has 1 heterocycles. The molecule has 0 unspecified atom stereocenters. The molecule has 0 aliphatic rings. The fourth-order valence-electron chi connectivity index (χ4n) is 4.30. The molecule has 0 saturated heterocycles. The predicted molar refractivity (Wildman–Crippen MR) is 125 cm³/mol. The van der Waals surface area contributed by atoms with E-state index in [9.17, 15) is 5.11 Å². The van der Waals surface area contributed by atoms with Crippen LogP contribution in [0.15, 0.2) is 48.9 Å². The highest BCUT2D eigenvalue weighted by Gasteiger charge is 2.27. The van der Waals surface area contributed by atoms with E-state index in [1.54, 1.807) is 0 Å². The molecule has 0 radical (unpaired) electrons. The van der Waals surface area contributed by atoms with Crippen molar-refractivity contribution in [1.82, 2.24) is 4.57 Å². The summed E-state index contributed by atoms with van der Waals surface area (Å²) in [6.07, 6.45) is 3.91. The van der Waals surface area contributed by atoms with Crippen molar-refractivity contribution in [2.45, 2.75) is 79.1 Å². The molecule has 4 heteroatoms. The number of hydrogen-bond acceptors (Lipinski definition) is 1. The second-order valence-electron chi connectivity index (χ2n) is 9.57. The molecule has 3 nitrogen and oxygen atoms in total. The molecular weight excluding hydrogens is 448 g/mol. The molecule has 31 heavy (non-hydrogen) atoms. The Morgan fingerprint density at radius 2 is 1.06 bits per heavy atom. The third-order valence-corrected chi connectivity index (χ3v) is 5.93. The van der Waals surface area contributed by atoms with Gasteiger partial charge >= 0.3 is 5.88 Å². The van der Waals surface area contributed by atoms with Gasteiger partial charge in [0.15, 0.2) is 6.20 Å². The van der Waals surface area contributed by atoms with Gasteiger partial charge in [-0.05, 0) is 23.7 Å². The smallest absolute Gasteiger partial charge is 0.327 e. The number of halogens is 1. The van der Waals surface area contributed by atoms with Crippen molar-refractivity contribution in [2.24, 2.45) is 0 Å². The minimum atomic E-state index is 0. The molecule has 0 atom stereocenters.